The first kappa shape index (κ1) is 18.7. The Morgan fingerprint density at radius 3 is 2.79 bits per heavy atom. The highest BCUT2D eigenvalue weighted by Gasteiger charge is 2.43. The molecular weight excluding hydrogens is 354 g/mol. The fourth-order valence-corrected chi connectivity index (χ4v) is 4.51. The molecular formula is C21H27N5O2. The van der Waals surface area contributed by atoms with Crippen molar-refractivity contribution in [1.29, 1.82) is 0 Å². The summed E-state index contributed by atoms with van der Waals surface area (Å²) in [5.74, 6) is 0.253. The minimum Gasteiger partial charge on any atom is -0.365 e. The molecule has 2 aliphatic heterocycles. The minimum absolute atomic E-state index is 0.0237. The number of rotatable bonds is 3. The number of hydrogen-bond donors (Lipinski definition) is 1. The summed E-state index contributed by atoms with van der Waals surface area (Å²) in [5, 5.41) is 0. The Bertz CT molecular complexity index is 875. The monoisotopic (exact) mass is 381 g/mol. The number of hydrogen-bond acceptors (Lipinski definition) is 4. The lowest BCUT2D eigenvalue weighted by atomic mass is 9.73. The molecule has 4 heterocycles. The van der Waals surface area contributed by atoms with Gasteiger partial charge in [-0.05, 0) is 39.2 Å². The van der Waals surface area contributed by atoms with Crippen LogP contribution in [0.4, 0.5) is 0 Å². The zero-order valence-electron chi connectivity index (χ0n) is 16.6. The highest BCUT2D eigenvalue weighted by molar-refractivity contribution is 5.95. The van der Waals surface area contributed by atoms with Crippen molar-refractivity contribution in [2.75, 3.05) is 19.6 Å². The van der Waals surface area contributed by atoms with Gasteiger partial charge >= 0.3 is 0 Å². The van der Waals surface area contributed by atoms with Gasteiger partial charge in [-0.25, -0.2) is 0 Å². The third kappa shape index (κ3) is 3.66. The summed E-state index contributed by atoms with van der Waals surface area (Å²) >= 11 is 0. The van der Waals surface area contributed by atoms with Crippen LogP contribution in [0.5, 0.6) is 0 Å². The summed E-state index contributed by atoms with van der Waals surface area (Å²) < 4.78 is 0. The Labute approximate surface area is 165 Å². The molecule has 0 radical (unpaired) electrons. The average molecular weight is 381 g/mol. The van der Waals surface area contributed by atoms with E-state index in [0.29, 0.717) is 26.1 Å². The van der Waals surface area contributed by atoms with Gasteiger partial charge in [0.15, 0.2) is 0 Å². The van der Waals surface area contributed by atoms with Gasteiger partial charge in [-0.1, -0.05) is 0 Å². The van der Waals surface area contributed by atoms with Gasteiger partial charge in [-0.2, -0.15) is 0 Å². The molecule has 4 rings (SSSR count). The Morgan fingerprint density at radius 1 is 1.21 bits per heavy atom. The average Bonchev–Trinajstić information content (AvgIpc) is 3.12. The lowest BCUT2D eigenvalue weighted by Crippen LogP contribution is -2.54. The Kier molecular flexibility index (Phi) is 4.91. The van der Waals surface area contributed by atoms with E-state index >= 15 is 0 Å². The molecule has 1 spiro atoms. The fraction of sp³-hybridized carbons (Fsp3) is 0.524. The number of carbonyl (C=O) groups is 2. The topological polar surface area (TPSA) is 82.2 Å². The Balaban J connectivity index is 1.48. The second-order valence-corrected chi connectivity index (χ2v) is 8.25. The van der Waals surface area contributed by atoms with Crippen molar-refractivity contribution in [3.05, 3.63) is 47.3 Å². The molecule has 2 amide bonds. The first-order chi connectivity index (χ1) is 13.5. The number of amides is 2. The molecule has 28 heavy (non-hydrogen) atoms. The molecule has 0 bridgehead atoms. The standard InChI is InChI=1S/C21H27N5O2/c1-15-10-24-17(11-23-15)12-26-14-21(7-4-19(26)27)6-3-9-25(13-21)20(28)18-5-8-22-16(18)2/h5,8,10-11,22H,3-4,6-7,9,12-14H2,1-2H3/t21-/m1/s1. The number of aromatic amines is 1. The fourth-order valence-electron chi connectivity index (χ4n) is 4.51. The van der Waals surface area contributed by atoms with Crippen molar-refractivity contribution >= 4 is 11.8 Å². The van der Waals surface area contributed by atoms with E-state index in [4.69, 9.17) is 0 Å². The van der Waals surface area contributed by atoms with Crippen LogP contribution in [0.15, 0.2) is 24.7 Å². The van der Waals surface area contributed by atoms with Crippen molar-refractivity contribution in [3.8, 4) is 0 Å². The molecule has 0 unspecified atom stereocenters. The zero-order chi connectivity index (χ0) is 19.7. The molecule has 2 saturated heterocycles. The van der Waals surface area contributed by atoms with Crippen LogP contribution in [0, 0.1) is 19.3 Å². The maximum atomic E-state index is 13.0. The smallest absolute Gasteiger partial charge is 0.255 e. The molecule has 7 nitrogen and oxygen atoms in total. The third-order valence-corrected chi connectivity index (χ3v) is 6.07. The number of nitrogens with one attached hydrogen (secondary N) is 1. The van der Waals surface area contributed by atoms with Gasteiger partial charge in [0.1, 0.15) is 0 Å². The van der Waals surface area contributed by atoms with E-state index in [2.05, 4.69) is 15.0 Å². The first-order valence-electron chi connectivity index (χ1n) is 9.94. The molecule has 148 valence electrons. The largest absolute Gasteiger partial charge is 0.365 e. The van der Waals surface area contributed by atoms with E-state index in [-0.39, 0.29) is 17.2 Å². The number of nitrogens with zero attached hydrogens (tertiary/aromatic N) is 4. The molecule has 0 saturated carbocycles. The summed E-state index contributed by atoms with van der Waals surface area (Å²) in [5.41, 5.74) is 3.30. The van der Waals surface area contributed by atoms with Crippen LogP contribution in [-0.2, 0) is 11.3 Å². The molecule has 0 aromatic carbocycles. The van der Waals surface area contributed by atoms with Crippen LogP contribution < -0.4 is 0 Å². The molecule has 1 N–H and O–H groups in total. The van der Waals surface area contributed by atoms with Gasteiger partial charge < -0.3 is 14.8 Å². The molecule has 0 aliphatic carbocycles. The van der Waals surface area contributed by atoms with Crippen LogP contribution in [0.3, 0.4) is 0 Å². The van der Waals surface area contributed by atoms with Gasteiger partial charge in [0.25, 0.3) is 5.91 Å². The third-order valence-electron chi connectivity index (χ3n) is 6.07. The van der Waals surface area contributed by atoms with Gasteiger partial charge in [0, 0.05) is 49.6 Å². The van der Waals surface area contributed by atoms with Crippen LogP contribution in [0.2, 0.25) is 0 Å². The van der Waals surface area contributed by atoms with E-state index in [9.17, 15) is 9.59 Å². The van der Waals surface area contributed by atoms with Crippen molar-refractivity contribution in [3.63, 3.8) is 0 Å². The summed E-state index contributed by atoms with van der Waals surface area (Å²) in [7, 11) is 0. The van der Waals surface area contributed by atoms with E-state index in [1.807, 2.05) is 35.9 Å². The van der Waals surface area contributed by atoms with Crippen molar-refractivity contribution in [1.82, 2.24) is 24.8 Å². The summed E-state index contributed by atoms with van der Waals surface area (Å²) in [6, 6.07) is 1.85. The van der Waals surface area contributed by atoms with Gasteiger partial charge in [-0.3, -0.25) is 19.6 Å². The lowest BCUT2D eigenvalue weighted by Gasteiger charge is -2.48. The highest BCUT2D eigenvalue weighted by Crippen LogP contribution is 2.39. The van der Waals surface area contributed by atoms with Gasteiger partial charge in [-0.15, -0.1) is 0 Å². The maximum Gasteiger partial charge on any atom is 0.255 e. The maximum absolute atomic E-state index is 13.0. The van der Waals surface area contributed by atoms with E-state index < -0.39 is 0 Å². The van der Waals surface area contributed by atoms with Gasteiger partial charge in [0.2, 0.25) is 5.91 Å². The summed E-state index contributed by atoms with van der Waals surface area (Å²) in [4.78, 5) is 41.2. The van der Waals surface area contributed by atoms with Crippen LogP contribution >= 0.6 is 0 Å². The first-order valence-corrected chi connectivity index (χ1v) is 9.94. The number of piperidine rings is 2. The number of likely N-dealkylation sites (tertiary alicyclic amines) is 2. The number of H-pyrrole nitrogens is 1. The SMILES string of the molecule is Cc1cnc(CN2C[C@]3(CCCN(C(=O)c4cc[nH]c4C)C3)CCC2=O)cn1. The van der Waals surface area contributed by atoms with Crippen molar-refractivity contribution in [2.45, 2.75) is 46.1 Å². The summed E-state index contributed by atoms with van der Waals surface area (Å²) in [6.45, 7) is 6.48. The van der Waals surface area contributed by atoms with Crippen LogP contribution in [0.1, 0.15) is 53.1 Å². The number of aryl methyl sites for hydroxylation is 2. The zero-order valence-corrected chi connectivity index (χ0v) is 16.6. The van der Waals surface area contributed by atoms with E-state index in [0.717, 1.165) is 48.5 Å². The van der Waals surface area contributed by atoms with Crippen molar-refractivity contribution < 1.29 is 9.59 Å². The second-order valence-electron chi connectivity index (χ2n) is 8.25. The predicted octanol–water partition coefficient (Wildman–Crippen LogP) is 2.47. The molecule has 2 fully saturated rings. The summed E-state index contributed by atoms with van der Waals surface area (Å²) in [6.07, 6.45) is 8.69. The number of carbonyl (C=O) groups excluding carboxylic acids is 2. The highest BCUT2D eigenvalue weighted by atomic mass is 16.2. The molecule has 2 aromatic rings. The Hall–Kier alpha value is -2.70. The lowest BCUT2D eigenvalue weighted by molar-refractivity contribution is -0.139. The minimum atomic E-state index is -0.0237. The van der Waals surface area contributed by atoms with Crippen molar-refractivity contribution in [2.24, 2.45) is 5.41 Å². The van der Waals surface area contributed by atoms with Crippen LogP contribution in [0.25, 0.3) is 0 Å². The van der Waals surface area contributed by atoms with Crippen LogP contribution in [-0.4, -0.2) is 56.2 Å². The predicted molar refractivity (Wildman–Crippen MR) is 105 cm³/mol. The molecule has 1 atom stereocenters. The number of aromatic nitrogens is 3. The van der Waals surface area contributed by atoms with E-state index in [1.54, 1.807) is 12.4 Å². The quantitative estimate of drug-likeness (QED) is 0.885. The second kappa shape index (κ2) is 7.37. The molecule has 7 heteroatoms. The van der Waals surface area contributed by atoms with Gasteiger partial charge in [0.05, 0.1) is 29.7 Å². The molecule has 2 aromatic heterocycles. The normalized spacial score (nSPS) is 22.7. The molecule has 2 aliphatic rings. The Morgan fingerprint density at radius 2 is 2.07 bits per heavy atom. The van der Waals surface area contributed by atoms with E-state index in [1.165, 1.54) is 0 Å².